The topological polar surface area (TPSA) is 66.9 Å². The zero-order valence-corrected chi connectivity index (χ0v) is 14.7. The first-order chi connectivity index (χ1) is 10.9. The third-order valence-electron chi connectivity index (χ3n) is 3.25. The SMILES string of the molecule is CCC(C)NC(=O)c1cc(Nc2ccc(Cl)c(Cl)c2)nc(C)n1. The monoisotopic (exact) mass is 352 g/mol. The van der Waals surface area contributed by atoms with Crippen LogP contribution in [0, 0.1) is 6.92 Å². The highest BCUT2D eigenvalue weighted by atomic mass is 35.5. The summed E-state index contributed by atoms with van der Waals surface area (Å²) in [5, 5.41) is 6.90. The number of nitrogens with zero attached hydrogens (tertiary/aromatic N) is 2. The van der Waals surface area contributed by atoms with E-state index < -0.39 is 0 Å². The molecule has 0 fully saturated rings. The number of aryl methyl sites for hydroxylation is 1. The van der Waals surface area contributed by atoms with Crippen molar-refractivity contribution in [1.82, 2.24) is 15.3 Å². The lowest BCUT2D eigenvalue weighted by Gasteiger charge is -2.12. The summed E-state index contributed by atoms with van der Waals surface area (Å²) in [4.78, 5) is 20.7. The summed E-state index contributed by atoms with van der Waals surface area (Å²) in [6.45, 7) is 5.69. The Balaban J connectivity index is 2.22. The van der Waals surface area contributed by atoms with Gasteiger partial charge in [-0.15, -0.1) is 0 Å². The minimum Gasteiger partial charge on any atom is -0.348 e. The fourth-order valence-electron chi connectivity index (χ4n) is 1.87. The molecule has 0 bridgehead atoms. The van der Waals surface area contributed by atoms with E-state index in [4.69, 9.17) is 23.2 Å². The largest absolute Gasteiger partial charge is 0.348 e. The van der Waals surface area contributed by atoms with Crippen LogP contribution in [0.1, 0.15) is 36.6 Å². The Labute approximate surface area is 145 Å². The Morgan fingerprint density at radius 2 is 1.96 bits per heavy atom. The van der Waals surface area contributed by atoms with E-state index in [1.165, 1.54) is 0 Å². The third-order valence-corrected chi connectivity index (χ3v) is 3.99. The second kappa shape index (κ2) is 7.62. The van der Waals surface area contributed by atoms with Crippen molar-refractivity contribution in [2.45, 2.75) is 33.2 Å². The van der Waals surface area contributed by atoms with E-state index in [9.17, 15) is 4.79 Å². The Morgan fingerprint density at radius 1 is 1.22 bits per heavy atom. The van der Waals surface area contributed by atoms with Gasteiger partial charge in [-0.25, -0.2) is 9.97 Å². The molecule has 1 heterocycles. The molecule has 0 aliphatic rings. The Hall–Kier alpha value is -1.85. The van der Waals surface area contributed by atoms with Gasteiger partial charge in [-0.3, -0.25) is 4.79 Å². The molecule has 7 heteroatoms. The first-order valence-electron chi connectivity index (χ1n) is 7.27. The normalized spacial score (nSPS) is 11.9. The number of hydrogen-bond donors (Lipinski definition) is 2. The second-order valence-corrected chi connectivity index (χ2v) is 6.04. The molecule has 0 radical (unpaired) electrons. The molecule has 2 rings (SSSR count). The van der Waals surface area contributed by atoms with E-state index >= 15 is 0 Å². The molecule has 1 unspecified atom stereocenters. The molecule has 2 aromatic rings. The Bertz CT molecular complexity index is 721. The van der Waals surface area contributed by atoms with Crippen LogP contribution in [0.4, 0.5) is 11.5 Å². The molecule has 0 aliphatic carbocycles. The van der Waals surface area contributed by atoms with Crippen molar-refractivity contribution in [2.75, 3.05) is 5.32 Å². The lowest BCUT2D eigenvalue weighted by atomic mass is 10.2. The number of rotatable bonds is 5. The fourth-order valence-corrected chi connectivity index (χ4v) is 2.17. The predicted octanol–water partition coefficient (Wildman–Crippen LogP) is 4.36. The Kier molecular flexibility index (Phi) is 5.80. The minimum absolute atomic E-state index is 0.0873. The van der Waals surface area contributed by atoms with Crippen molar-refractivity contribution in [3.8, 4) is 0 Å². The van der Waals surface area contributed by atoms with E-state index in [0.29, 0.717) is 27.4 Å². The van der Waals surface area contributed by atoms with Gasteiger partial charge in [0.25, 0.3) is 5.91 Å². The summed E-state index contributed by atoms with van der Waals surface area (Å²) < 4.78 is 0. The van der Waals surface area contributed by atoms with Gasteiger partial charge >= 0.3 is 0 Å². The minimum atomic E-state index is -0.220. The first kappa shape index (κ1) is 17.5. The van der Waals surface area contributed by atoms with Gasteiger partial charge in [0.15, 0.2) is 0 Å². The number of nitrogens with one attached hydrogen (secondary N) is 2. The van der Waals surface area contributed by atoms with Gasteiger partial charge in [0, 0.05) is 17.8 Å². The summed E-state index contributed by atoms with van der Waals surface area (Å²) in [5.74, 6) is 0.802. The highest BCUT2D eigenvalue weighted by molar-refractivity contribution is 6.42. The van der Waals surface area contributed by atoms with E-state index in [2.05, 4.69) is 20.6 Å². The van der Waals surface area contributed by atoms with Gasteiger partial charge in [0.05, 0.1) is 10.0 Å². The van der Waals surface area contributed by atoms with Crippen LogP contribution >= 0.6 is 23.2 Å². The van der Waals surface area contributed by atoms with E-state index in [0.717, 1.165) is 12.1 Å². The summed E-state index contributed by atoms with van der Waals surface area (Å²) in [7, 11) is 0. The molecule has 1 aromatic heterocycles. The number of carbonyl (C=O) groups excluding carboxylic acids is 1. The van der Waals surface area contributed by atoms with Crippen molar-refractivity contribution in [3.05, 3.63) is 45.8 Å². The number of aromatic nitrogens is 2. The molecule has 5 nitrogen and oxygen atoms in total. The van der Waals surface area contributed by atoms with E-state index in [1.54, 1.807) is 31.2 Å². The standard InChI is InChI=1S/C16H18Cl2N4O/c1-4-9(2)19-16(23)14-8-15(21-10(3)20-14)22-11-5-6-12(17)13(18)7-11/h5-9H,4H2,1-3H3,(H,19,23)(H,20,21,22). The summed E-state index contributed by atoms with van der Waals surface area (Å²) in [6.07, 6.45) is 0.851. The average Bonchev–Trinajstić information content (AvgIpc) is 2.50. The third kappa shape index (κ3) is 4.81. The summed E-state index contributed by atoms with van der Waals surface area (Å²) >= 11 is 11.9. The fraction of sp³-hybridized carbons (Fsp3) is 0.312. The molecule has 0 spiro atoms. The molecule has 1 aromatic carbocycles. The van der Waals surface area contributed by atoms with Crippen LogP contribution < -0.4 is 10.6 Å². The van der Waals surface area contributed by atoms with Crippen LogP contribution in [-0.4, -0.2) is 21.9 Å². The molecular formula is C16H18Cl2N4O. The zero-order valence-electron chi connectivity index (χ0n) is 13.2. The van der Waals surface area contributed by atoms with Crippen LogP contribution in [0.25, 0.3) is 0 Å². The lowest BCUT2D eigenvalue weighted by Crippen LogP contribution is -2.32. The number of benzene rings is 1. The van der Waals surface area contributed by atoms with Crippen LogP contribution in [-0.2, 0) is 0 Å². The molecule has 23 heavy (non-hydrogen) atoms. The van der Waals surface area contributed by atoms with Crippen molar-refractivity contribution in [1.29, 1.82) is 0 Å². The van der Waals surface area contributed by atoms with Gasteiger partial charge in [-0.1, -0.05) is 30.1 Å². The van der Waals surface area contributed by atoms with Gasteiger partial charge in [0.1, 0.15) is 17.3 Å². The maximum Gasteiger partial charge on any atom is 0.270 e. The molecule has 0 aliphatic heterocycles. The predicted molar refractivity (Wildman–Crippen MR) is 93.7 cm³/mol. The summed E-state index contributed by atoms with van der Waals surface area (Å²) in [6, 6.07) is 6.86. The van der Waals surface area contributed by atoms with Gasteiger partial charge < -0.3 is 10.6 Å². The van der Waals surface area contributed by atoms with E-state index in [-0.39, 0.29) is 11.9 Å². The van der Waals surface area contributed by atoms with Gasteiger partial charge in [-0.2, -0.15) is 0 Å². The number of amides is 1. The van der Waals surface area contributed by atoms with Crippen molar-refractivity contribution in [3.63, 3.8) is 0 Å². The number of anilines is 2. The quantitative estimate of drug-likeness (QED) is 0.838. The van der Waals surface area contributed by atoms with Crippen molar-refractivity contribution >= 4 is 40.6 Å². The average molecular weight is 353 g/mol. The van der Waals surface area contributed by atoms with Crippen LogP contribution in [0.2, 0.25) is 10.0 Å². The first-order valence-corrected chi connectivity index (χ1v) is 8.03. The lowest BCUT2D eigenvalue weighted by molar-refractivity contribution is 0.0934. The maximum absolute atomic E-state index is 12.2. The zero-order chi connectivity index (χ0) is 17.0. The van der Waals surface area contributed by atoms with Crippen LogP contribution in [0.3, 0.4) is 0 Å². The smallest absolute Gasteiger partial charge is 0.270 e. The number of hydrogen-bond acceptors (Lipinski definition) is 4. The van der Waals surface area contributed by atoms with Crippen molar-refractivity contribution in [2.24, 2.45) is 0 Å². The Morgan fingerprint density at radius 3 is 2.61 bits per heavy atom. The molecule has 2 N–H and O–H groups in total. The molecule has 1 amide bonds. The molecule has 122 valence electrons. The molecular weight excluding hydrogens is 335 g/mol. The molecule has 1 atom stereocenters. The van der Waals surface area contributed by atoms with Crippen LogP contribution in [0.15, 0.2) is 24.3 Å². The molecule has 0 saturated carbocycles. The van der Waals surface area contributed by atoms with Crippen molar-refractivity contribution < 1.29 is 4.79 Å². The number of carbonyl (C=O) groups is 1. The number of halogens is 2. The second-order valence-electron chi connectivity index (χ2n) is 5.22. The van der Waals surface area contributed by atoms with Gasteiger partial charge in [-0.05, 0) is 38.5 Å². The highest BCUT2D eigenvalue weighted by Gasteiger charge is 2.13. The highest BCUT2D eigenvalue weighted by Crippen LogP contribution is 2.26. The summed E-state index contributed by atoms with van der Waals surface area (Å²) in [5.41, 5.74) is 1.05. The van der Waals surface area contributed by atoms with Gasteiger partial charge in [0.2, 0.25) is 0 Å². The van der Waals surface area contributed by atoms with Crippen LogP contribution in [0.5, 0.6) is 0 Å². The molecule has 0 saturated heterocycles. The maximum atomic E-state index is 12.2. The van der Waals surface area contributed by atoms with E-state index in [1.807, 2.05) is 13.8 Å².